The van der Waals surface area contributed by atoms with Gasteiger partial charge in [0, 0.05) is 26.2 Å². The highest BCUT2D eigenvalue weighted by atomic mass is 32.1. The van der Waals surface area contributed by atoms with Crippen molar-refractivity contribution in [2.75, 3.05) is 32.8 Å². The predicted octanol–water partition coefficient (Wildman–Crippen LogP) is -0.0158. The average molecular weight is 271 g/mol. The van der Waals surface area contributed by atoms with Crippen LogP contribution in [0.25, 0.3) is 0 Å². The fourth-order valence-electron chi connectivity index (χ4n) is 2.55. The topological polar surface area (TPSA) is 58.8 Å². The molecule has 2 atom stereocenters. The maximum atomic E-state index is 12.3. The standard InChI is InChI=1S/C12H21N3O2S/c1-9(12(16)14-4-2-3-5-14)15-6-7-17-10(8-15)11(13)18/h9-10H,2-8H2,1H3,(H2,13,18). The van der Waals surface area contributed by atoms with Gasteiger partial charge in [-0.25, -0.2) is 0 Å². The first-order valence-corrected chi connectivity index (χ1v) is 6.94. The van der Waals surface area contributed by atoms with Gasteiger partial charge in [-0.15, -0.1) is 0 Å². The fourth-order valence-corrected chi connectivity index (χ4v) is 2.69. The molecule has 2 heterocycles. The molecule has 2 N–H and O–H groups in total. The van der Waals surface area contributed by atoms with Crippen LogP contribution in [0, 0.1) is 0 Å². The predicted molar refractivity (Wildman–Crippen MR) is 73.4 cm³/mol. The number of amides is 1. The fraction of sp³-hybridized carbons (Fsp3) is 0.833. The van der Waals surface area contributed by atoms with Crippen molar-refractivity contribution in [1.82, 2.24) is 9.80 Å². The van der Waals surface area contributed by atoms with Crippen molar-refractivity contribution in [3.8, 4) is 0 Å². The Bertz CT molecular complexity index is 331. The van der Waals surface area contributed by atoms with Crippen LogP contribution in [-0.4, -0.2) is 65.6 Å². The highest BCUT2D eigenvalue weighted by Gasteiger charge is 2.32. The lowest BCUT2D eigenvalue weighted by Crippen LogP contribution is -2.55. The summed E-state index contributed by atoms with van der Waals surface area (Å²) >= 11 is 4.96. The molecule has 2 fully saturated rings. The maximum Gasteiger partial charge on any atom is 0.239 e. The molecule has 0 bridgehead atoms. The van der Waals surface area contributed by atoms with Crippen molar-refractivity contribution >= 4 is 23.1 Å². The second kappa shape index (κ2) is 5.95. The van der Waals surface area contributed by atoms with Crippen LogP contribution in [0.3, 0.4) is 0 Å². The van der Waals surface area contributed by atoms with E-state index < -0.39 is 0 Å². The molecule has 0 aromatic carbocycles. The molecule has 0 aromatic heterocycles. The second-order valence-corrected chi connectivity index (χ2v) is 5.44. The Morgan fingerprint density at radius 3 is 2.67 bits per heavy atom. The third-order valence-corrected chi connectivity index (χ3v) is 4.00. The lowest BCUT2D eigenvalue weighted by molar-refractivity contribution is -0.137. The van der Waals surface area contributed by atoms with Crippen LogP contribution >= 0.6 is 12.2 Å². The van der Waals surface area contributed by atoms with Crippen LogP contribution in [0.1, 0.15) is 19.8 Å². The molecule has 5 nitrogen and oxygen atoms in total. The number of morpholine rings is 1. The SMILES string of the molecule is CC(C(=O)N1CCCC1)N1CCOC(C(N)=S)C1. The second-order valence-electron chi connectivity index (χ2n) is 4.97. The summed E-state index contributed by atoms with van der Waals surface area (Å²) in [7, 11) is 0. The van der Waals surface area contributed by atoms with Crippen molar-refractivity contribution in [3.05, 3.63) is 0 Å². The van der Waals surface area contributed by atoms with Crippen molar-refractivity contribution < 1.29 is 9.53 Å². The summed E-state index contributed by atoms with van der Waals surface area (Å²) in [4.78, 5) is 16.7. The number of rotatable bonds is 3. The Morgan fingerprint density at radius 1 is 1.39 bits per heavy atom. The number of nitrogens with zero attached hydrogens (tertiary/aromatic N) is 2. The molecule has 2 aliphatic heterocycles. The van der Waals surface area contributed by atoms with E-state index >= 15 is 0 Å². The minimum atomic E-state index is -0.220. The van der Waals surface area contributed by atoms with Gasteiger partial charge < -0.3 is 15.4 Å². The van der Waals surface area contributed by atoms with Gasteiger partial charge in [-0.1, -0.05) is 12.2 Å². The molecular weight excluding hydrogens is 250 g/mol. The number of carbonyl (C=O) groups is 1. The molecule has 2 aliphatic rings. The van der Waals surface area contributed by atoms with Gasteiger partial charge in [-0.2, -0.15) is 0 Å². The molecule has 6 heteroatoms. The van der Waals surface area contributed by atoms with E-state index in [1.165, 1.54) is 0 Å². The molecule has 0 spiro atoms. The van der Waals surface area contributed by atoms with Gasteiger partial charge in [-0.05, 0) is 19.8 Å². The molecule has 1 amide bonds. The van der Waals surface area contributed by atoms with Crippen LogP contribution in [0.5, 0.6) is 0 Å². The van der Waals surface area contributed by atoms with Crippen molar-refractivity contribution in [2.45, 2.75) is 31.9 Å². The van der Waals surface area contributed by atoms with Gasteiger partial charge in [0.15, 0.2) is 0 Å². The van der Waals surface area contributed by atoms with Gasteiger partial charge in [0.25, 0.3) is 0 Å². The lowest BCUT2D eigenvalue weighted by Gasteiger charge is -2.37. The van der Waals surface area contributed by atoms with E-state index in [1.54, 1.807) is 0 Å². The van der Waals surface area contributed by atoms with E-state index in [-0.39, 0.29) is 18.1 Å². The van der Waals surface area contributed by atoms with Crippen LogP contribution in [0.15, 0.2) is 0 Å². The Balaban J connectivity index is 1.93. The molecule has 0 aromatic rings. The number of hydrogen-bond donors (Lipinski definition) is 1. The quantitative estimate of drug-likeness (QED) is 0.731. The zero-order valence-electron chi connectivity index (χ0n) is 10.8. The van der Waals surface area contributed by atoms with Gasteiger partial charge in [-0.3, -0.25) is 9.69 Å². The molecule has 0 aliphatic carbocycles. The Hall–Kier alpha value is -0.720. The zero-order valence-corrected chi connectivity index (χ0v) is 11.6. The molecular formula is C12H21N3O2S. The first-order chi connectivity index (χ1) is 8.59. The first kappa shape index (κ1) is 13.7. The molecule has 2 unspecified atom stereocenters. The van der Waals surface area contributed by atoms with Crippen molar-refractivity contribution in [1.29, 1.82) is 0 Å². The third-order valence-electron chi connectivity index (χ3n) is 3.74. The highest BCUT2D eigenvalue weighted by molar-refractivity contribution is 7.80. The number of nitrogens with two attached hydrogens (primary N) is 1. The Labute approximate surface area is 113 Å². The van der Waals surface area contributed by atoms with Crippen LogP contribution < -0.4 is 5.73 Å². The van der Waals surface area contributed by atoms with E-state index in [1.807, 2.05) is 11.8 Å². The highest BCUT2D eigenvalue weighted by Crippen LogP contribution is 2.15. The van der Waals surface area contributed by atoms with Gasteiger partial charge in [0.2, 0.25) is 5.91 Å². The van der Waals surface area contributed by atoms with Gasteiger partial charge >= 0.3 is 0 Å². The molecule has 18 heavy (non-hydrogen) atoms. The van der Waals surface area contributed by atoms with Crippen LogP contribution in [-0.2, 0) is 9.53 Å². The molecule has 2 rings (SSSR count). The molecule has 0 radical (unpaired) electrons. The van der Waals surface area contributed by atoms with Crippen molar-refractivity contribution in [2.24, 2.45) is 5.73 Å². The van der Waals surface area contributed by atoms with Gasteiger partial charge in [0.05, 0.1) is 12.6 Å². The Kier molecular flexibility index (Phi) is 4.53. The summed E-state index contributed by atoms with van der Waals surface area (Å²) in [5, 5.41) is 0. The van der Waals surface area contributed by atoms with E-state index in [0.717, 1.165) is 32.5 Å². The van der Waals surface area contributed by atoms with E-state index in [2.05, 4.69) is 4.90 Å². The minimum absolute atomic E-state index is 0.108. The molecule has 0 saturated carbocycles. The van der Waals surface area contributed by atoms with Crippen molar-refractivity contribution in [3.63, 3.8) is 0 Å². The van der Waals surface area contributed by atoms with Crippen LogP contribution in [0.2, 0.25) is 0 Å². The smallest absolute Gasteiger partial charge is 0.239 e. The average Bonchev–Trinajstić information content (AvgIpc) is 2.91. The van der Waals surface area contributed by atoms with E-state index in [9.17, 15) is 4.79 Å². The number of likely N-dealkylation sites (tertiary alicyclic amines) is 1. The number of carbonyl (C=O) groups excluding carboxylic acids is 1. The van der Waals surface area contributed by atoms with E-state index in [4.69, 9.17) is 22.7 Å². The largest absolute Gasteiger partial charge is 0.391 e. The summed E-state index contributed by atoms with van der Waals surface area (Å²) in [5.41, 5.74) is 5.61. The lowest BCUT2D eigenvalue weighted by atomic mass is 10.2. The number of thiocarbonyl (C=S) groups is 1. The number of hydrogen-bond acceptors (Lipinski definition) is 4. The molecule has 2 saturated heterocycles. The first-order valence-electron chi connectivity index (χ1n) is 6.53. The maximum absolute atomic E-state index is 12.3. The van der Waals surface area contributed by atoms with Gasteiger partial charge in [0.1, 0.15) is 11.1 Å². The minimum Gasteiger partial charge on any atom is -0.391 e. The zero-order chi connectivity index (χ0) is 13.1. The Morgan fingerprint density at radius 2 is 2.06 bits per heavy atom. The van der Waals surface area contributed by atoms with Crippen LogP contribution in [0.4, 0.5) is 0 Å². The summed E-state index contributed by atoms with van der Waals surface area (Å²) in [5.74, 6) is 0.219. The monoisotopic (exact) mass is 271 g/mol. The normalized spacial score (nSPS) is 27.2. The summed E-state index contributed by atoms with van der Waals surface area (Å²) in [6.45, 7) is 5.72. The summed E-state index contributed by atoms with van der Waals surface area (Å²) in [6.07, 6.45) is 2.02. The number of ether oxygens (including phenoxy) is 1. The summed E-state index contributed by atoms with van der Waals surface area (Å²) in [6, 6.07) is -0.108. The molecule has 102 valence electrons. The summed E-state index contributed by atoms with van der Waals surface area (Å²) < 4.78 is 5.49. The third kappa shape index (κ3) is 2.99. The van der Waals surface area contributed by atoms with E-state index in [0.29, 0.717) is 18.1 Å².